The van der Waals surface area contributed by atoms with Crippen molar-refractivity contribution >= 4 is 27.6 Å². The van der Waals surface area contributed by atoms with Crippen LogP contribution in [0.25, 0.3) is 0 Å². The van der Waals surface area contributed by atoms with Crippen LogP contribution in [0.1, 0.15) is 45.6 Å². The van der Waals surface area contributed by atoms with Crippen LogP contribution in [0.2, 0.25) is 0 Å². The van der Waals surface area contributed by atoms with E-state index in [2.05, 4.69) is 42.7 Å². The van der Waals surface area contributed by atoms with Crippen LogP contribution in [-0.4, -0.2) is 51.3 Å². The summed E-state index contributed by atoms with van der Waals surface area (Å²) in [6, 6.07) is 7.65. The van der Waals surface area contributed by atoms with Crippen molar-refractivity contribution in [2.75, 3.05) is 25.6 Å². The molecule has 1 aromatic rings. The molecular formula is C20H33N3O2S2. The molecule has 2 atom stereocenters. The number of nitrogens with zero attached hydrogens (tertiary/aromatic N) is 1. The van der Waals surface area contributed by atoms with E-state index in [0.717, 1.165) is 18.4 Å². The minimum Gasteiger partial charge on any atom is -0.355 e. The first-order valence-electron chi connectivity index (χ1n) is 9.49. The lowest BCUT2D eigenvalue weighted by Crippen LogP contribution is -2.44. The number of sulfone groups is 1. The zero-order valence-corrected chi connectivity index (χ0v) is 18.7. The SMILES string of the molecule is CN=C(NCCS(=O)(=O)c1ccc(C(C)(C)C)cc1)NC1CCC(SC)C1. The Hall–Kier alpha value is -1.21. The lowest BCUT2D eigenvalue weighted by atomic mass is 9.87. The Kier molecular flexibility index (Phi) is 7.63. The van der Waals surface area contributed by atoms with Gasteiger partial charge in [0, 0.05) is 24.9 Å². The topological polar surface area (TPSA) is 70.6 Å². The van der Waals surface area contributed by atoms with E-state index < -0.39 is 9.84 Å². The van der Waals surface area contributed by atoms with Crippen molar-refractivity contribution in [1.82, 2.24) is 10.6 Å². The van der Waals surface area contributed by atoms with Crippen LogP contribution < -0.4 is 10.6 Å². The molecule has 0 spiro atoms. The minimum atomic E-state index is -3.32. The largest absolute Gasteiger partial charge is 0.355 e. The van der Waals surface area contributed by atoms with Crippen molar-refractivity contribution in [1.29, 1.82) is 0 Å². The molecule has 1 saturated carbocycles. The van der Waals surface area contributed by atoms with Crippen molar-refractivity contribution < 1.29 is 8.42 Å². The van der Waals surface area contributed by atoms with Gasteiger partial charge in [-0.2, -0.15) is 11.8 Å². The van der Waals surface area contributed by atoms with Crippen LogP contribution in [0.5, 0.6) is 0 Å². The highest BCUT2D eigenvalue weighted by molar-refractivity contribution is 7.99. The first-order valence-corrected chi connectivity index (χ1v) is 12.4. The predicted molar refractivity (Wildman–Crippen MR) is 117 cm³/mol. The second-order valence-corrected chi connectivity index (χ2v) is 11.4. The molecule has 0 aromatic heterocycles. The number of nitrogens with one attached hydrogen (secondary N) is 2. The van der Waals surface area contributed by atoms with Gasteiger partial charge in [-0.05, 0) is 48.6 Å². The lowest BCUT2D eigenvalue weighted by Gasteiger charge is -2.19. The zero-order valence-electron chi connectivity index (χ0n) is 17.1. The first-order chi connectivity index (χ1) is 12.7. The molecule has 0 radical (unpaired) electrons. The third kappa shape index (κ3) is 6.42. The summed E-state index contributed by atoms with van der Waals surface area (Å²) in [6.45, 7) is 6.68. The Morgan fingerprint density at radius 1 is 1.22 bits per heavy atom. The molecule has 1 aromatic carbocycles. The molecule has 0 heterocycles. The maximum atomic E-state index is 12.6. The molecule has 27 heavy (non-hydrogen) atoms. The molecule has 1 aliphatic carbocycles. The summed E-state index contributed by atoms with van der Waals surface area (Å²) in [5, 5.41) is 7.26. The third-order valence-electron chi connectivity index (χ3n) is 5.02. The Morgan fingerprint density at radius 3 is 2.41 bits per heavy atom. The summed E-state index contributed by atoms with van der Waals surface area (Å²) in [5.74, 6) is 0.723. The van der Waals surface area contributed by atoms with Crippen LogP contribution in [0.3, 0.4) is 0 Å². The molecule has 152 valence electrons. The Morgan fingerprint density at radius 2 is 1.89 bits per heavy atom. The van der Waals surface area contributed by atoms with Crippen LogP contribution >= 0.6 is 11.8 Å². The third-order valence-corrected chi connectivity index (χ3v) is 7.85. The van der Waals surface area contributed by atoms with E-state index in [9.17, 15) is 8.42 Å². The maximum absolute atomic E-state index is 12.6. The Labute approximate surface area is 168 Å². The first kappa shape index (κ1) is 22.1. The van der Waals surface area contributed by atoms with E-state index in [1.807, 2.05) is 23.9 Å². The van der Waals surface area contributed by atoms with Gasteiger partial charge >= 0.3 is 0 Å². The van der Waals surface area contributed by atoms with Gasteiger partial charge in [-0.25, -0.2) is 8.42 Å². The normalized spacial score (nSPS) is 21.3. The van der Waals surface area contributed by atoms with Crippen LogP contribution in [0.4, 0.5) is 0 Å². The molecule has 1 aliphatic rings. The molecule has 0 amide bonds. The van der Waals surface area contributed by atoms with E-state index in [-0.39, 0.29) is 11.2 Å². The monoisotopic (exact) mass is 411 g/mol. The van der Waals surface area contributed by atoms with Crippen LogP contribution in [0, 0.1) is 0 Å². The number of aliphatic imine (C=N–C) groups is 1. The van der Waals surface area contributed by atoms with Gasteiger partial charge in [-0.1, -0.05) is 32.9 Å². The van der Waals surface area contributed by atoms with Gasteiger partial charge in [0.1, 0.15) is 0 Å². The Balaban J connectivity index is 1.87. The maximum Gasteiger partial charge on any atom is 0.191 e. The second kappa shape index (κ2) is 9.32. The summed E-state index contributed by atoms with van der Waals surface area (Å²) in [4.78, 5) is 4.60. The average molecular weight is 412 g/mol. The zero-order chi connectivity index (χ0) is 20.1. The average Bonchev–Trinajstić information content (AvgIpc) is 3.07. The van der Waals surface area contributed by atoms with Crippen molar-refractivity contribution in [3.05, 3.63) is 29.8 Å². The molecule has 0 aliphatic heterocycles. The highest BCUT2D eigenvalue weighted by Gasteiger charge is 2.24. The van der Waals surface area contributed by atoms with E-state index in [0.29, 0.717) is 28.7 Å². The molecule has 2 N–H and O–H groups in total. The van der Waals surface area contributed by atoms with E-state index in [1.165, 1.54) is 6.42 Å². The van der Waals surface area contributed by atoms with Crippen molar-refractivity contribution in [2.45, 2.75) is 61.6 Å². The molecular weight excluding hydrogens is 378 g/mol. The smallest absolute Gasteiger partial charge is 0.191 e. The van der Waals surface area contributed by atoms with Crippen molar-refractivity contribution in [3.8, 4) is 0 Å². The molecule has 2 unspecified atom stereocenters. The summed E-state index contributed by atoms with van der Waals surface area (Å²) >= 11 is 1.91. The fraction of sp³-hybridized carbons (Fsp3) is 0.650. The molecule has 0 bridgehead atoms. The van der Waals surface area contributed by atoms with Crippen molar-refractivity contribution in [2.24, 2.45) is 4.99 Å². The van der Waals surface area contributed by atoms with Gasteiger partial charge in [0.2, 0.25) is 0 Å². The molecule has 1 fully saturated rings. The van der Waals surface area contributed by atoms with Crippen LogP contribution in [-0.2, 0) is 15.3 Å². The highest BCUT2D eigenvalue weighted by atomic mass is 32.2. The number of thioether (sulfide) groups is 1. The number of benzene rings is 1. The fourth-order valence-corrected chi connectivity index (χ4v) is 5.21. The highest BCUT2D eigenvalue weighted by Crippen LogP contribution is 2.28. The minimum absolute atomic E-state index is 0.0114. The predicted octanol–water partition coefficient (Wildman–Crippen LogP) is 3.21. The van der Waals surface area contributed by atoms with Gasteiger partial charge in [0.05, 0.1) is 10.6 Å². The van der Waals surface area contributed by atoms with Crippen molar-refractivity contribution in [3.63, 3.8) is 0 Å². The van der Waals surface area contributed by atoms with Crippen LogP contribution in [0.15, 0.2) is 34.2 Å². The quantitative estimate of drug-likeness (QED) is 0.556. The summed E-state index contributed by atoms with van der Waals surface area (Å²) in [6.07, 6.45) is 5.62. The number of rotatable bonds is 6. The number of guanidine groups is 1. The van der Waals surface area contributed by atoms with E-state index in [4.69, 9.17) is 0 Å². The molecule has 0 saturated heterocycles. The van der Waals surface area contributed by atoms with E-state index >= 15 is 0 Å². The lowest BCUT2D eigenvalue weighted by molar-refractivity contribution is 0.585. The summed E-state index contributed by atoms with van der Waals surface area (Å²) < 4.78 is 25.2. The summed E-state index contributed by atoms with van der Waals surface area (Å²) in [7, 11) is -1.60. The standard InChI is InChI=1S/C20H33N3O2S2/c1-20(2,3)15-6-10-18(11-7-15)27(24,25)13-12-22-19(21-4)23-16-8-9-17(14-16)26-5/h6-7,10-11,16-17H,8-9,12-14H2,1-5H3,(H2,21,22,23). The summed E-state index contributed by atoms with van der Waals surface area (Å²) in [5.41, 5.74) is 1.14. The van der Waals surface area contributed by atoms with Gasteiger partial charge in [-0.15, -0.1) is 0 Å². The van der Waals surface area contributed by atoms with E-state index in [1.54, 1.807) is 19.2 Å². The second-order valence-electron chi connectivity index (χ2n) is 8.10. The van der Waals surface area contributed by atoms with Gasteiger partial charge in [-0.3, -0.25) is 4.99 Å². The van der Waals surface area contributed by atoms with Gasteiger partial charge in [0.15, 0.2) is 15.8 Å². The molecule has 7 heteroatoms. The van der Waals surface area contributed by atoms with Gasteiger partial charge in [0.25, 0.3) is 0 Å². The molecule has 2 rings (SSSR count). The van der Waals surface area contributed by atoms with Gasteiger partial charge < -0.3 is 10.6 Å². The Bertz CT molecular complexity index is 737. The number of hydrogen-bond acceptors (Lipinski definition) is 4. The number of hydrogen-bond donors (Lipinski definition) is 2. The fourth-order valence-electron chi connectivity index (χ4n) is 3.26. The molecule has 5 nitrogen and oxygen atoms in total.